The summed E-state index contributed by atoms with van der Waals surface area (Å²) in [4.78, 5) is 29.0. The van der Waals surface area contributed by atoms with Crippen molar-refractivity contribution in [3.8, 4) is 0 Å². The largest absolute Gasteiger partial charge is 0.349 e. The minimum absolute atomic E-state index is 0.136. The van der Waals surface area contributed by atoms with E-state index in [1.54, 1.807) is 18.3 Å². The molecule has 1 aromatic carbocycles. The zero-order chi connectivity index (χ0) is 18.1. The highest BCUT2D eigenvalue weighted by atomic mass is 79.9. The first-order valence-electron chi connectivity index (χ1n) is 7.95. The fourth-order valence-electron chi connectivity index (χ4n) is 2.72. The molecule has 0 saturated carbocycles. The van der Waals surface area contributed by atoms with Crippen molar-refractivity contribution in [1.29, 1.82) is 0 Å². The molecule has 0 fully saturated rings. The molecule has 26 heavy (non-hydrogen) atoms. The third kappa shape index (κ3) is 3.23. The van der Waals surface area contributed by atoms with Gasteiger partial charge in [0, 0.05) is 22.3 Å². The Morgan fingerprint density at radius 2 is 2.00 bits per heavy atom. The molecule has 4 aromatic rings. The zero-order valence-corrected chi connectivity index (χ0v) is 15.2. The van der Waals surface area contributed by atoms with Crippen molar-refractivity contribution in [1.82, 2.24) is 24.5 Å². The second kappa shape index (κ2) is 6.72. The Bertz CT molecular complexity index is 1180. The van der Waals surface area contributed by atoms with Crippen LogP contribution in [-0.2, 0) is 17.9 Å². The van der Waals surface area contributed by atoms with Crippen molar-refractivity contribution in [2.24, 2.45) is 0 Å². The van der Waals surface area contributed by atoms with Crippen LogP contribution >= 0.6 is 15.9 Å². The molecule has 1 amide bonds. The molecular formula is C18H14BrN5O2. The molecule has 0 saturated heterocycles. The number of rotatable bonds is 4. The predicted molar refractivity (Wildman–Crippen MR) is 101 cm³/mol. The molecule has 0 aliphatic rings. The Kier molecular flexibility index (Phi) is 4.26. The van der Waals surface area contributed by atoms with E-state index in [-0.39, 0.29) is 24.6 Å². The van der Waals surface area contributed by atoms with Gasteiger partial charge in [-0.15, -0.1) is 0 Å². The number of pyridine rings is 1. The van der Waals surface area contributed by atoms with Gasteiger partial charge in [-0.25, -0.2) is 9.67 Å². The van der Waals surface area contributed by atoms with E-state index in [1.807, 2.05) is 41.1 Å². The number of hydrogen-bond acceptors (Lipinski definition) is 4. The first-order valence-corrected chi connectivity index (χ1v) is 8.74. The first-order chi connectivity index (χ1) is 12.6. The Hall–Kier alpha value is -3.00. The van der Waals surface area contributed by atoms with Crippen LogP contribution in [0.1, 0.15) is 5.69 Å². The lowest BCUT2D eigenvalue weighted by molar-refractivity contribution is -0.122. The number of hydrogen-bond donors (Lipinski definition) is 1. The number of carbonyl (C=O) groups excluding carboxylic acids is 1. The number of fused-ring (bicyclic) bond motifs is 2. The van der Waals surface area contributed by atoms with Gasteiger partial charge >= 0.3 is 0 Å². The number of aromatic nitrogens is 4. The lowest BCUT2D eigenvalue weighted by atomic mass is 10.2. The highest BCUT2D eigenvalue weighted by Crippen LogP contribution is 2.12. The van der Waals surface area contributed by atoms with Crippen molar-refractivity contribution in [3.63, 3.8) is 0 Å². The second-order valence-electron chi connectivity index (χ2n) is 5.82. The normalized spacial score (nSPS) is 11.1. The minimum atomic E-state index is -0.298. The SMILES string of the molecule is O=C(Cn1ncc2ccccc2c1=O)NCc1cn2cc(Br)ccc2n1. The first kappa shape index (κ1) is 16.5. The molecule has 0 radical (unpaired) electrons. The van der Waals surface area contributed by atoms with Gasteiger partial charge < -0.3 is 9.72 Å². The van der Waals surface area contributed by atoms with E-state index in [0.717, 1.165) is 21.2 Å². The summed E-state index contributed by atoms with van der Waals surface area (Å²) in [5, 5.41) is 8.13. The van der Waals surface area contributed by atoms with Gasteiger partial charge in [-0.2, -0.15) is 5.10 Å². The Labute approximate surface area is 156 Å². The van der Waals surface area contributed by atoms with Gasteiger partial charge in [0.25, 0.3) is 5.56 Å². The summed E-state index contributed by atoms with van der Waals surface area (Å²) >= 11 is 3.41. The number of amides is 1. The van der Waals surface area contributed by atoms with Crippen LogP contribution in [0.25, 0.3) is 16.4 Å². The average Bonchev–Trinajstić information content (AvgIpc) is 3.04. The van der Waals surface area contributed by atoms with Crippen molar-refractivity contribution in [2.45, 2.75) is 13.1 Å². The molecule has 0 aliphatic carbocycles. The molecule has 0 atom stereocenters. The van der Waals surface area contributed by atoms with Crippen molar-refractivity contribution in [3.05, 3.63) is 75.5 Å². The minimum Gasteiger partial charge on any atom is -0.349 e. The highest BCUT2D eigenvalue weighted by molar-refractivity contribution is 9.10. The predicted octanol–water partition coefficient (Wildman–Crippen LogP) is 2.12. The molecule has 0 bridgehead atoms. The van der Waals surface area contributed by atoms with E-state index in [1.165, 1.54) is 4.68 Å². The maximum absolute atomic E-state index is 12.4. The highest BCUT2D eigenvalue weighted by Gasteiger charge is 2.09. The third-order valence-electron chi connectivity index (χ3n) is 3.99. The van der Waals surface area contributed by atoms with Crippen molar-refractivity contribution >= 4 is 38.3 Å². The van der Waals surface area contributed by atoms with E-state index in [4.69, 9.17) is 0 Å². The molecule has 130 valence electrons. The fraction of sp³-hybridized carbons (Fsp3) is 0.111. The van der Waals surface area contributed by atoms with Crippen LogP contribution < -0.4 is 10.9 Å². The van der Waals surface area contributed by atoms with Crippen LogP contribution in [0.15, 0.2) is 64.3 Å². The van der Waals surface area contributed by atoms with E-state index in [9.17, 15) is 9.59 Å². The summed E-state index contributed by atoms with van der Waals surface area (Å²) in [6, 6.07) is 11.0. The number of nitrogens with one attached hydrogen (secondary N) is 1. The molecule has 3 aromatic heterocycles. The van der Waals surface area contributed by atoms with Crippen LogP contribution in [0.4, 0.5) is 0 Å². The molecule has 1 N–H and O–H groups in total. The summed E-state index contributed by atoms with van der Waals surface area (Å²) in [6.45, 7) is 0.142. The smallest absolute Gasteiger partial charge is 0.275 e. The average molecular weight is 412 g/mol. The monoisotopic (exact) mass is 411 g/mol. The lowest BCUT2D eigenvalue weighted by Gasteiger charge is -2.06. The van der Waals surface area contributed by atoms with Crippen molar-refractivity contribution in [2.75, 3.05) is 0 Å². The standard InChI is InChI=1S/C18H14BrN5O2/c19-13-5-6-16-22-14(10-23(16)9-13)8-20-17(25)11-24-18(26)15-4-2-1-3-12(15)7-21-24/h1-7,9-10H,8,11H2,(H,20,25). The Balaban J connectivity index is 1.47. The summed E-state index contributed by atoms with van der Waals surface area (Å²) in [5.74, 6) is -0.298. The van der Waals surface area contributed by atoms with Crippen LogP contribution in [-0.4, -0.2) is 25.1 Å². The molecule has 8 heteroatoms. The zero-order valence-electron chi connectivity index (χ0n) is 13.6. The van der Waals surface area contributed by atoms with Crippen LogP contribution in [0.5, 0.6) is 0 Å². The van der Waals surface area contributed by atoms with Gasteiger partial charge in [0.1, 0.15) is 12.2 Å². The van der Waals surface area contributed by atoms with Crippen LogP contribution in [0.3, 0.4) is 0 Å². The maximum atomic E-state index is 12.4. The van der Waals surface area contributed by atoms with Gasteiger partial charge in [0.15, 0.2) is 0 Å². The van der Waals surface area contributed by atoms with Crippen LogP contribution in [0, 0.1) is 0 Å². The quantitative estimate of drug-likeness (QED) is 0.557. The summed E-state index contributed by atoms with van der Waals surface area (Å²) < 4.78 is 3.99. The van der Waals surface area contributed by atoms with Crippen LogP contribution in [0.2, 0.25) is 0 Å². The second-order valence-corrected chi connectivity index (χ2v) is 6.73. The topological polar surface area (TPSA) is 81.3 Å². The van der Waals surface area contributed by atoms with Gasteiger partial charge in [-0.3, -0.25) is 9.59 Å². The summed E-state index contributed by atoms with van der Waals surface area (Å²) in [5.41, 5.74) is 1.25. The van der Waals surface area contributed by atoms with E-state index in [0.29, 0.717) is 5.39 Å². The number of benzene rings is 1. The molecule has 7 nitrogen and oxygen atoms in total. The summed E-state index contributed by atoms with van der Waals surface area (Å²) in [6.07, 6.45) is 5.33. The molecule has 0 spiro atoms. The van der Waals surface area contributed by atoms with Gasteiger partial charge in [0.2, 0.25) is 5.91 Å². The Morgan fingerprint density at radius 1 is 1.15 bits per heavy atom. The summed E-state index contributed by atoms with van der Waals surface area (Å²) in [7, 11) is 0. The van der Waals surface area contributed by atoms with Gasteiger partial charge in [-0.1, -0.05) is 18.2 Å². The molecule has 3 heterocycles. The van der Waals surface area contributed by atoms with Gasteiger partial charge in [0.05, 0.1) is 23.8 Å². The number of carbonyl (C=O) groups is 1. The molecule has 0 aliphatic heterocycles. The maximum Gasteiger partial charge on any atom is 0.275 e. The number of nitrogens with zero attached hydrogens (tertiary/aromatic N) is 4. The van der Waals surface area contributed by atoms with Gasteiger partial charge in [-0.05, 0) is 34.1 Å². The van der Waals surface area contributed by atoms with E-state index in [2.05, 4.69) is 31.3 Å². The van der Waals surface area contributed by atoms with Crippen molar-refractivity contribution < 1.29 is 4.79 Å². The van der Waals surface area contributed by atoms with E-state index >= 15 is 0 Å². The molecular weight excluding hydrogens is 398 g/mol. The number of halogens is 1. The molecule has 4 rings (SSSR count). The number of imidazole rings is 1. The fourth-order valence-corrected chi connectivity index (χ4v) is 3.08. The lowest BCUT2D eigenvalue weighted by Crippen LogP contribution is -2.33. The van der Waals surface area contributed by atoms with E-state index < -0.39 is 0 Å². The molecule has 0 unspecified atom stereocenters. The third-order valence-corrected chi connectivity index (χ3v) is 4.46. The Morgan fingerprint density at radius 3 is 2.88 bits per heavy atom.